The van der Waals surface area contributed by atoms with Gasteiger partial charge in [-0.3, -0.25) is 9.59 Å². The Labute approximate surface area is 196 Å². The largest absolute Gasteiger partial charge is 0.457 e. The molecule has 1 aromatic rings. The second-order valence-electron chi connectivity index (χ2n) is 9.83. The number of halogens is 1. The summed E-state index contributed by atoms with van der Waals surface area (Å²) in [6, 6.07) is 3.02. The molecule has 1 heterocycles. The van der Waals surface area contributed by atoms with Gasteiger partial charge in [0.15, 0.2) is 11.4 Å². The van der Waals surface area contributed by atoms with Crippen LogP contribution in [0.2, 0.25) is 0 Å². The van der Waals surface area contributed by atoms with Gasteiger partial charge in [-0.15, -0.1) is 11.6 Å². The van der Waals surface area contributed by atoms with Gasteiger partial charge >= 0.3 is 5.97 Å². The zero-order valence-electron chi connectivity index (χ0n) is 18.3. The molecule has 0 unspecified atom stereocenters. The second-order valence-corrected chi connectivity index (χ2v) is 10.5. The van der Waals surface area contributed by atoms with Crippen LogP contribution in [-0.2, 0) is 14.3 Å². The van der Waals surface area contributed by atoms with E-state index in [4.69, 9.17) is 20.8 Å². The van der Waals surface area contributed by atoms with Crippen molar-refractivity contribution >= 4 is 29.1 Å². The molecule has 0 aliphatic heterocycles. The van der Waals surface area contributed by atoms with E-state index in [2.05, 4.69) is 0 Å². The minimum absolute atomic E-state index is 0.0248. The van der Waals surface area contributed by atoms with Gasteiger partial charge in [-0.1, -0.05) is 18.6 Å². The van der Waals surface area contributed by atoms with Gasteiger partial charge in [-0.05, 0) is 61.8 Å². The fraction of sp³-hybridized carbons (Fsp3) is 0.560. The number of fused-ring (bicyclic) bond motifs is 5. The van der Waals surface area contributed by atoms with Gasteiger partial charge in [-0.2, -0.15) is 0 Å². The average Bonchev–Trinajstić information content (AvgIpc) is 3.42. The number of carbonyl (C=O) groups is 3. The van der Waals surface area contributed by atoms with E-state index in [9.17, 15) is 24.6 Å². The van der Waals surface area contributed by atoms with Crippen molar-refractivity contribution in [2.45, 2.75) is 49.2 Å². The van der Waals surface area contributed by atoms with Crippen LogP contribution in [0.1, 0.15) is 43.2 Å². The average molecular weight is 475 g/mol. The number of esters is 1. The zero-order valence-corrected chi connectivity index (χ0v) is 19.0. The Morgan fingerprint density at radius 2 is 2.09 bits per heavy atom. The molecule has 3 fully saturated rings. The summed E-state index contributed by atoms with van der Waals surface area (Å²) in [7, 11) is 0. The lowest BCUT2D eigenvalue weighted by molar-refractivity contribution is -0.158. The van der Waals surface area contributed by atoms with Crippen LogP contribution < -0.4 is 0 Å². The van der Waals surface area contributed by atoms with E-state index < -0.39 is 40.9 Å². The van der Waals surface area contributed by atoms with E-state index in [1.165, 1.54) is 18.4 Å². The van der Waals surface area contributed by atoms with E-state index in [1.54, 1.807) is 18.2 Å². The predicted molar refractivity (Wildman–Crippen MR) is 117 cm³/mol. The molecule has 0 saturated heterocycles. The number of allylic oxidation sites excluding steroid dienone is 4. The molecule has 0 amide bonds. The van der Waals surface area contributed by atoms with E-state index in [-0.39, 0.29) is 41.6 Å². The number of hydrogen-bond donors (Lipinski definition) is 2. The molecule has 3 saturated carbocycles. The number of furan rings is 1. The smallest absolute Gasteiger partial charge is 0.375 e. The van der Waals surface area contributed by atoms with E-state index in [0.717, 1.165) is 5.57 Å². The SMILES string of the molecule is C[C@@H]1C[C@@H]2[C@H](C[C@H](O)[C@]3(Cl)[C@H]4C=CC(=O)C=C4CC[C@@H]23)[C@@]1(OC(=O)c1ccco1)C(=O)CO. The van der Waals surface area contributed by atoms with Crippen LogP contribution in [0.4, 0.5) is 0 Å². The van der Waals surface area contributed by atoms with Crippen LogP contribution in [0.5, 0.6) is 0 Å². The van der Waals surface area contributed by atoms with Crippen molar-refractivity contribution in [2.75, 3.05) is 6.61 Å². The predicted octanol–water partition coefficient (Wildman–Crippen LogP) is 2.84. The molecule has 0 spiro atoms. The third-order valence-corrected chi connectivity index (χ3v) is 9.23. The highest BCUT2D eigenvalue weighted by Crippen LogP contribution is 2.64. The molecule has 33 heavy (non-hydrogen) atoms. The molecule has 0 bridgehead atoms. The van der Waals surface area contributed by atoms with Crippen molar-refractivity contribution in [2.24, 2.45) is 29.6 Å². The summed E-state index contributed by atoms with van der Waals surface area (Å²) in [4.78, 5) is 36.9. The lowest BCUT2D eigenvalue weighted by Gasteiger charge is -2.56. The Morgan fingerprint density at radius 3 is 2.79 bits per heavy atom. The first kappa shape index (κ1) is 22.6. The number of hydrogen-bond acceptors (Lipinski definition) is 7. The van der Waals surface area contributed by atoms with Crippen molar-refractivity contribution in [3.8, 4) is 0 Å². The summed E-state index contributed by atoms with van der Waals surface area (Å²) < 4.78 is 11.1. The van der Waals surface area contributed by atoms with Crippen LogP contribution in [0.25, 0.3) is 0 Å². The first-order chi connectivity index (χ1) is 15.7. The molecule has 4 aliphatic carbocycles. The van der Waals surface area contributed by atoms with Gasteiger partial charge in [0.2, 0.25) is 11.5 Å². The standard InChI is InChI=1S/C25H27ClO7/c1-13-9-16-18-6-4-14-10-15(28)5-7-17(14)24(18,26)21(29)11-19(16)25(13,22(30)12-27)33-23(31)20-3-2-8-32-20/h2-3,5,7-8,10,13,16-19,21,27,29H,4,6,9,11-12H2,1H3/t13-,16+,17+,18+,19+,21+,24+,25-/m1/s1. The van der Waals surface area contributed by atoms with Crippen LogP contribution in [-0.4, -0.2) is 50.9 Å². The van der Waals surface area contributed by atoms with Gasteiger partial charge in [-0.25, -0.2) is 4.79 Å². The highest BCUT2D eigenvalue weighted by molar-refractivity contribution is 6.25. The van der Waals surface area contributed by atoms with Gasteiger partial charge in [0.1, 0.15) is 6.61 Å². The summed E-state index contributed by atoms with van der Waals surface area (Å²) in [5.41, 5.74) is -0.643. The number of aliphatic hydroxyl groups excluding tert-OH is 2. The van der Waals surface area contributed by atoms with Crippen molar-refractivity contribution in [1.29, 1.82) is 0 Å². The Kier molecular flexibility index (Phi) is 5.42. The fourth-order valence-corrected chi connectivity index (χ4v) is 7.72. The lowest BCUT2D eigenvalue weighted by atomic mass is 9.54. The van der Waals surface area contributed by atoms with E-state index in [0.29, 0.717) is 19.3 Å². The third kappa shape index (κ3) is 3.12. The number of alkyl halides is 1. The number of ketones is 2. The summed E-state index contributed by atoms with van der Waals surface area (Å²) >= 11 is 7.25. The topological polar surface area (TPSA) is 114 Å². The van der Waals surface area contributed by atoms with Crippen molar-refractivity contribution in [3.63, 3.8) is 0 Å². The molecule has 7 nitrogen and oxygen atoms in total. The Morgan fingerprint density at radius 1 is 1.30 bits per heavy atom. The molecule has 8 heteroatoms. The quantitative estimate of drug-likeness (QED) is 0.509. The Balaban J connectivity index is 1.53. The van der Waals surface area contributed by atoms with Crippen molar-refractivity contribution in [1.82, 2.24) is 0 Å². The van der Waals surface area contributed by atoms with Crippen LogP contribution >= 0.6 is 11.6 Å². The molecule has 176 valence electrons. The van der Waals surface area contributed by atoms with Crippen LogP contribution in [0.3, 0.4) is 0 Å². The van der Waals surface area contributed by atoms with Crippen LogP contribution in [0.15, 0.2) is 46.6 Å². The summed E-state index contributed by atoms with van der Waals surface area (Å²) in [5, 5.41) is 21.2. The van der Waals surface area contributed by atoms with Gasteiger partial charge in [0, 0.05) is 17.8 Å². The molecule has 4 aliphatic rings. The second kappa shape index (κ2) is 7.93. The highest BCUT2D eigenvalue weighted by Gasteiger charge is 2.69. The first-order valence-corrected chi connectivity index (χ1v) is 11.8. The normalized spacial score (nSPS) is 41.6. The number of ether oxygens (including phenoxy) is 1. The molecule has 2 N–H and O–H groups in total. The monoisotopic (exact) mass is 474 g/mol. The van der Waals surface area contributed by atoms with E-state index in [1.807, 2.05) is 6.92 Å². The molecule has 0 aromatic carbocycles. The Bertz CT molecular complexity index is 1040. The van der Waals surface area contributed by atoms with E-state index >= 15 is 0 Å². The Hall–Kier alpha value is -2.22. The van der Waals surface area contributed by atoms with Crippen molar-refractivity contribution < 1.29 is 33.8 Å². The summed E-state index contributed by atoms with van der Waals surface area (Å²) in [6.07, 6.45) is 7.33. The van der Waals surface area contributed by atoms with Crippen molar-refractivity contribution in [3.05, 3.63) is 48.0 Å². The highest BCUT2D eigenvalue weighted by atomic mass is 35.5. The molecule has 0 radical (unpaired) electrons. The number of aliphatic hydroxyl groups is 2. The first-order valence-electron chi connectivity index (χ1n) is 11.4. The molecule has 1 aromatic heterocycles. The summed E-state index contributed by atoms with van der Waals surface area (Å²) in [6.45, 7) is 1.07. The molecular weight excluding hydrogens is 448 g/mol. The van der Waals surface area contributed by atoms with Crippen LogP contribution in [0, 0.1) is 29.6 Å². The minimum atomic E-state index is -1.57. The molecular formula is C25H27ClO7. The maximum atomic E-state index is 13.2. The maximum Gasteiger partial charge on any atom is 0.375 e. The van der Waals surface area contributed by atoms with Gasteiger partial charge in [0.25, 0.3) is 0 Å². The summed E-state index contributed by atoms with van der Waals surface area (Å²) in [5.74, 6) is -2.81. The van der Waals surface area contributed by atoms with Gasteiger partial charge in [0.05, 0.1) is 17.2 Å². The fourth-order valence-electron chi connectivity index (χ4n) is 7.15. The third-order valence-electron chi connectivity index (χ3n) is 8.46. The maximum absolute atomic E-state index is 13.2. The van der Waals surface area contributed by atoms with Gasteiger partial charge < -0.3 is 19.4 Å². The zero-order chi connectivity index (χ0) is 23.5. The number of rotatable bonds is 4. The molecule has 8 atom stereocenters. The lowest BCUT2D eigenvalue weighted by Crippen LogP contribution is -2.63. The number of Topliss-reactive ketones (excluding diaryl/α,β-unsaturated/α-hetero) is 1. The molecule has 5 rings (SSSR count). The minimum Gasteiger partial charge on any atom is -0.457 e. The number of carbonyl (C=O) groups excluding carboxylic acids is 3.